The van der Waals surface area contributed by atoms with Crippen LogP contribution in [0.5, 0.6) is 0 Å². The van der Waals surface area contributed by atoms with Crippen LogP contribution in [0.3, 0.4) is 0 Å². The summed E-state index contributed by atoms with van der Waals surface area (Å²) < 4.78 is 5.22. The van der Waals surface area contributed by atoms with Crippen molar-refractivity contribution < 1.29 is 14.3 Å². The molecule has 1 atom stereocenters. The number of amides is 2. The van der Waals surface area contributed by atoms with Gasteiger partial charge >= 0.3 is 0 Å². The molecule has 0 spiro atoms. The van der Waals surface area contributed by atoms with E-state index in [1.807, 2.05) is 54.3 Å². The van der Waals surface area contributed by atoms with Crippen molar-refractivity contribution in [1.82, 2.24) is 9.80 Å². The van der Waals surface area contributed by atoms with Crippen molar-refractivity contribution in [3.63, 3.8) is 0 Å². The molecule has 4 rings (SSSR count). The first-order valence-electron chi connectivity index (χ1n) is 10.8. The number of aryl methyl sites for hydroxylation is 1. The second-order valence-electron chi connectivity index (χ2n) is 7.98. The van der Waals surface area contributed by atoms with E-state index < -0.39 is 0 Å². The van der Waals surface area contributed by atoms with E-state index in [2.05, 4.69) is 23.6 Å². The van der Waals surface area contributed by atoms with Crippen molar-refractivity contribution >= 4 is 23.2 Å². The zero-order valence-corrected chi connectivity index (χ0v) is 19.3. The highest BCUT2D eigenvalue weighted by Crippen LogP contribution is 2.37. The number of ether oxygens (including phenoxy) is 1. The molecule has 32 heavy (non-hydrogen) atoms. The Balaban J connectivity index is 1.61. The number of hydrogen-bond donors (Lipinski definition) is 0. The first kappa shape index (κ1) is 22.2. The predicted molar refractivity (Wildman–Crippen MR) is 127 cm³/mol. The zero-order valence-electron chi connectivity index (χ0n) is 18.5. The Labute approximate surface area is 193 Å². The van der Waals surface area contributed by atoms with E-state index in [1.54, 1.807) is 23.3 Å². The third kappa shape index (κ3) is 4.61. The van der Waals surface area contributed by atoms with E-state index in [9.17, 15) is 9.59 Å². The lowest BCUT2D eigenvalue weighted by Gasteiger charge is -2.37. The number of carbonyl (C=O) groups is 2. The molecule has 0 bridgehead atoms. The fourth-order valence-electron chi connectivity index (χ4n) is 4.27. The predicted octanol–water partition coefficient (Wildman–Crippen LogP) is 4.32. The summed E-state index contributed by atoms with van der Waals surface area (Å²) in [6.45, 7) is 3.32. The summed E-state index contributed by atoms with van der Waals surface area (Å²) in [4.78, 5) is 31.8. The maximum absolute atomic E-state index is 13.6. The van der Waals surface area contributed by atoms with E-state index in [4.69, 9.17) is 4.74 Å². The van der Waals surface area contributed by atoms with Crippen LogP contribution in [0.25, 0.3) is 0 Å². The average Bonchev–Trinajstić information content (AvgIpc) is 3.30. The van der Waals surface area contributed by atoms with Gasteiger partial charge in [-0.05, 0) is 47.5 Å². The summed E-state index contributed by atoms with van der Waals surface area (Å²) in [6.07, 6.45) is 0.839. The first-order valence-corrected chi connectivity index (χ1v) is 11.7. The number of methoxy groups -OCH3 is 1. The fraction of sp³-hybridized carbons (Fsp3) is 0.308. The van der Waals surface area contributed by atoms with Crippen LogP contribution < -0.4 is 0 Å². The van der Waals surface area contributed by atoms with Crippen LogP contribution in [-0.4, -0.2) is 55.0 Å². The normalized spacial score (nSPS) is 15.3. The molecule has 2 heterocycles. The Kier molecular flexibility index (Phi) is 7.02. The van der Waals surface area contributed by atoms with Crippen LogP contribution in [-0.2, 0) is 16.0 Å². The summed E-state index contributed by atoms with van der Waals surface area (Å²) in [5, 5.41) is 2.10. The minimum Gasteiger partial charge on any atom is -0.383 e. The second-order valence-corrected chi connectivity index (χ2v) is 8.98. The van der Waals surface area contributed by atoms with E-state index >= 15 is 0 Å². The molecule has 166 valence electrons. The molecule has 0 N–H and O–H groups in total. The van der Waals surface area contributed by atoms with Crippen molar-refractivity contribution in [1.29, 1.82) is 0 Å². The smallest absolute Gasteiger partial charge is 0.254 e. The highest BCUT2D eigenvalue weighted by atomic mass is 32.1. The Morgan fingerprint density at radius 1 is 1.09 bits per heavy atom. The molecule has 5 nitrogen and oxygen atoms in total. The molecule has 1 aliphatic rings. The molecule has 1 aliphatic heterocycles. The second kappa shape index (κ2) is 10.1. The van der Waals surface area contributed by atoms with Crippen molar-refractivity contribution in [2.75, 3.05) is 33.4 Å². The van der Waals surface area contributed by atoms with Crippen LogP contribution in [0.1, 0.15) is 38.0 Å². The Morgan fingerprint density at radius 2 is 1.84 bits per heavy atom. The van der Waals surface area contributed by atoms with Gasteiger partial charge < -0.3 is 14.5 Å². The van der Waals surface area contributed by atoms with E-state index in [0.29, 0.717) is 25.3 Å². The number of fused-ring (bicyclic) bond motifs is 1. The van der Waals surface area contributed by atoms with Crippen molar-refractivity contribution in [3.05, 3.63) is 93.2 Å². The maximum Gasteiger partial charge on any atom is 0.254 e. The Morgan fingerprint density at radius 3 is 2.59 bits per heavy atom. The molecular formula is C26H28N2O3S. The highest BCUT2D eigenvalue weighted by molar-refractivity contribution is 7.10. The molecule has 1 aromatic heterocycles. The average molecular weight is 449 g/mol. The summed E-state index contributed by atoms with van der Waals surface area (Å²) in [5.41, 5.74) is 3.80. The van der Waals surface area contributed by atoms with Crippen molar-refractivity contribution in [3.8, 4) is 0 Å². The summed E-state index contributed by atoms with van der Waals surface area (Å²) >= 11 is 1.75. The van der Waals surface area contributed by atoms with Crippen LogP contribution in [0.2, 0.25) is 0 Å². The van der Waals surface area contributed by atoms with Gasteiger partial charge in [0.15, 0.2) is 0 Å². The van der Waals surface area contributed by atoms with Crippen molar-refractivity contribution in [2.24, 2.45) is 0 Å². The molecule has 2 aromatic carbocycles. The molecule has 1 unspecified atom stereocenters. The van der Waals surface area contributed by atoms with Gasteiger partial charge in [-0.1, -0.05) is 48.5 Å². The molecule has 0 radical (unpaired) electrons. The third-order valence-corrected chi connectivity index (χ3v) is 6.95. The van der Waals surface area contributed by atoms with Gasteiger partial charge in [0.1, 0.15) is 6.54 Å². The van der Waals surface area contributed by atoms with Gasteiger partial charge in [0.25, 0.3) is 5.91 Å². The fourth-order valence-corrected chi connectivity index (χ4v) is 5.17. The number of carbonyl (C=O) groups excluding carboxylic acids is 2. The maximum atomic E-state index is 13.6. The summed E-state index contributed by atoms with van der Waals surface area (Å²) in [5.74, 6) is -0.188. The zero-order chi connectivity index (χ0) is 22.5. The monoisotopic (exact) mass is 448 g/mol. The quantitative estimate of drug-likeness (QED) is 0.541. The van der Waals surface area contributed by atoms with Gasteiger partial charge in [-0.3, -0.25) is 9.59 Å². The lowest BCUT2D eigenvalue weighted by molar-refractivity contribution is -0.134. The first-order chi connectivity index (χ1) is 15.6. The number of benzene rings is 2. The molecule has 3 aromatic rings. The topological polar surface area (TPSA) is 49.9 Å². The molecule has 6 heteroatoms. The number of hydrogen-bond acceptors (Lipinski definition) is 4. The largest absolute Gasteiger partial charge is 0.383 e. The van der Waals surface area contributed by atoms with Crippen LogP contribution in [0, 0.1) is 6.92 Å². The summed E-state index contributed by atoms with van der Waals surface area (Å²) in [6, 6.07) is 19.6. The summed E-state index contributed by atoms with van der Waals surface area (Å²) in [7, 11) is 1.60. The molecule has 0 fully saturated rings. The van der Waals surface area contributed by atoms with Gasteiger partial charge in [0.05, 0.1) is 12.6 Å². The lowest BCUT2D eigenvalue weighted by atomic mass is 9.93. The minimum atomic E-state index is -0.141. The number of nitrogens with zero attached hydrogens (tertiary/aromatic N) is 2. The van der Waals surface area contributed by atoms with E-state index in [-0.39, 0.29) is 24.4 Å². The SMILES string of the molecule is COCCN(CC(=O)N1CCc2sccc2C1c1ccccc1)C(=O)c1ccccc1C. The van der Waals surface area contributed by atoms with Gasteiger partial charge in [0, 0.05) is 30.6 Å². The molecule has 0 saturated carbocycles. The van der Waals surface area contributed by atoms with Gasteiger partial charge in [0.2, 0.25) is 5.91 Å². The van der Waals surface area contributed by atoms with Gasteiger partial charge in [-0.2, -0.15) is 0 Å². The van der Waals surface area contributed by atoms with E-state index in [1.165, 1.54) is 10.4 Å². The van der Waals surface area contributed by atoms with E-state index in [0.717, 1.165) is 17.5 Å². The number of rotatable bonds is 7. The molecule has 2 amide bonds. The van der Waals surface area contributed by atoms with Crippen molar-refractivity contribution in [2.45, 2.75) is 19.4 Å². The van der Waals surface area contributed by atoms with Gasteiger partial charge in [-0.15, -0.1) is 11.3 Å². The minimum absolute atomic E-state index is 0.0271. The third-order valence-electron chi connectivity index (χ3n) is 5.96. The molecule has 0 aliphatic carbocycles. The Hall–Kier alpha value is -2.96. The van der Waals surface area contributed by atoms with Gasteiger partial charge in [-0.25, -0.2) is 0 Å². The van der Waals surface area contributed by atoms with Crippen LogP contribution >= 0.6 is 11.3 Å². The molecular weight excluding hydrogens is 420 g/mol. The molecule has 0 saturated heterocycles. The Bertz CT molecular complexity index is 1080. The van der Waals surface area contributed by atoms with Crippen LogP contribution in [0.4, 0.5) is 0 Å². The number of thiophene rings is 1. The standard InChI is InChI=1S/C26H28N2O3S/c1-19-8-6-7-11-21(19)26(30)27(15-16-31-2)18-24(29)28-14-12-23-22(13-17-32-23)25(28)20-9-4-3-5-10-20/h3-11,13,17,25H,12,14-16,18H2,1-2H3. The lowest BCUT2D eigenvalue weighted by Crippen LogP contribution is -2.47. The van der Waals surface area contributed by atoms with Crippen LogP contribution in [0.15, 0.2) is 66.0 Å². The highest BCUT2D eigenvalue weighted by Gasteiger charge is 2.34.